The van der Waals surface area contributed by atoms with Crippen LogP contribution in [0.4, 0.5) is 4.39 Å². The number of hydrogen-bond donors (Lipinski definition) is 0. The Labute approximate surface area is 165 Å². The van der Waals surface area contributed by atoms with Crippen molar-refractivity contribution in [1.29, 1.82) is 0 Å². The van der Waals surface area contributed by atoms with Crippen molar-refractivity contribution in [3.05, 3.63) is 65.6 Å². The second kappa shape index (κ2) is 7.83. The molecular weight excluding hydrogens is 349 g/mol. The Morgan fingerprint density at radius 3 is 2.29 bits per heavy atom. The number of fused-ring (bicyclic) bond motifs is 1. The molecule has 0 spiro atoms. The first-order valence-corrected chi connectivity index (χ1v) is 10.3. The van der Waals surface area contributed by atoms with Gasteiger partial charge in [0.2, 0.25) is 0 Å². The molecule has 5 rings (SSSR count). The van der Waals surface area contributed by atoms with Gasteiger partial charge in [0, 0.05) is 29.3 Å². The highest BCUT2D eigenvalue weighted by molar-refractivity contribution is 5.96. The van der Waals surface area contributed by atoms with E-state index in [1.165, 1.54) is 41.8 Å². The topological polar surface area (TPSA) is 30.0 Å². The van der Waals surface area contributed by atoms with Crippen LogP contribution >= 0.6 is 0 Å². The highest BCUT2D eigenvalue weighted by atomic mass is 19.1. The third-order valence-electron chi connectivity index (χ3n) is 5.65. The Bertz CT molecular complexity index is 1000. The van der Waals surface area contributed by atoms with Crippen LogP contribution in [-0.2, 0) is 4.79 Å². The van der Waals surface area contributed by atoms with Gasteiger partial charge >= 0.3 is 0 Å². The Balaban J connectivity index is 0.000000233. The molecule has 2 aromatic carbocycles. The molecule has 0 amide bonds. The number of rotatable bonds is 4. The van der Waals surface area contributed by atoms with E-state index in [0.29, 0.717) is 17.6 Å². The number of carbonyl (C=O) groups is 1. The first-order valence-electron chi connectivity index (χ1n) is 10.3. The summed E-state index contributed by atoms with van der Waals surface area (Å²) in [7, 11) is 0. The smallest absolute Gasteiger partial charge is 0.135 e. The third kappa shape index (κ3) is 3.99. The summed E-state index contributed by atoms with van der Waals surface area (Å²) in [6.07, 6.45) is 5.52. The number of halogens is 1. The molecule has 2 aliphatic carbocycles. The summed E-state index contributed by atoms with van der Waals surface area (Å²) in [6, 6.07) is 15.0. The van der Waals surface area contributed by atoms with Gasteiger partial charge in [0.25, 0.3) is 0 Å². The maximum absolute atomic E-state index is 13.2. The standard InChI is InChI=1S/C19H16FN.C6H10O/c1-12-18(13-8-10-15(20)11-9-13)16-4-2-3-5-17(16)21-19(12)14-6-7-14;1-2-6(7)5-3-4-5/h2-5,8-11,14H,6-7H2,1H3;5H,2-4H2,1H3. The molecule has 2 saturated carbocycles. The van der Waals surface area contributed by atoms with Gasteiger partial charge in [0.15, 0.2) is 0 Å². The van der Waals surface area contributed by atoms with Gasteiger partial charge in [-0.25, -0.2) is 4.39 Å². The van der Waals surface area contributed by atoms with Crippen molar-refractivity contribution in [3.8, 4) is 11.1 Å². The SMILES string of the molecule is CCC(=O)C1CC1.Cc1c(C2CC2)nc2ccccc2c1-c1ccc(F)cc1. The minimum atomic E-state index is -0.197. The highest BCUT2D eigenvalue weighted by Crippen LogP contribution is 2.44. The van der Waals surface area contributed by atoms with E-state index in [1.807, 2.05) is 31.2 Å². The van der Waals surface area contributed by atoms with Crippen LogP contribution in [0.5, 0.6) is 0 Å². The maximum atomic E-state index is 13.2. The minimum Gasteiger partial charge on any atom is -0.299 e. The third-order valence-corrected chi connectivity index (χ3v) is 5.65. The molecule has 0 bridgehead atoms. The van der Waals surface area contributed by atoms with Gasteiger partial charge in [0.1, 0.15) is 11.6 Å². The van der Waals surface area contributed by atoms with Gasteiger partial charge in [-0.05, 0) is 67.5 Å². The van der Waals surface area contributed by atoms with Crippen LogP contribution in [0.25, 0.3) is 22.0 Å². The number of Topliss-reactive ketones (excluding diaryl/α,β-unsaturated/α-hetero) is 1. The first kappa shape index (κ1) is 18.8. The molecule has 1 heterocycles. The fourth-order valence-electron chi connectivity index (χ4n) is 3.76. The molecule has 144 valence electrons. The number of benzene rings is 2. The molecule has 0 aliphatic heterocycles. The molecule has 2 aliphatic rings. The van der Waals surface area contributed by atoms with E-state index in [2.05, 4.69) is 19.1 Å². The lowest BCUT2D eigenvalue weighted by Crippen LogP contribution is -1.97. The summed E-state index contributed by atoms with van der Waals surface area (Å²) in [5, 5.41) is 1.14. The lowest BCUT2D eigenvalue weighted by molar-refractivity contribution is -0.119. The van der Waals surface area contributed by atoms with Crippen molar-refractivity contribution >= 4 is 16.7 Å². The van der Waals surface area contributed by atoms with Crippen molar-refractivity contribution in [3.63, 3.8) is 0 Å². The molecule has 0 unspecified atom stereocenters. The maximum Gasteiger partial charge on any atom is 0.135 e. The predicted molar refractivity (Wildman–Crippen MR) is 112 cm³/mol. The van der Waals surface area contributed by atoms with Crippen molar-refractivity contribution in [2.75, 3.05) is 0 Å². The van der Waals surface area contributed by atoms with E-state index >= 15 is 0 Å². The number of pyridine rings is 1. The fraction of sp³-hybridized carbons (Fsp3) is 0.360. The lowest BCUT2D eigenvalue weighted by Gasteiger charge is -2.14. The Morgan fingerprint density at radius 1 is 1.04 bits per heavy atom. The number of para-hydroxylation sites is 1. The second-order valence-electron chi connectivity index (χ2n) is 7.89. The van der Waals surface area contributed by atoms with Crippen LogP contribution in [-0.4, -0.2) is 10.8 Å². The van der Waals surface area contributed by atoms with E-state index < -0.39 is 0 Å². The molecule has 1 aromatic heterocycles. The first-order chi connectivity index (χ1) is 13.6. The zero-order valence-electron chi connectivity index (χ0n) is 16.5. The van der Waals surface area contributed by atoms with Crippen molar-refractivity contribution in [2.45, 2.75) is 51.9 Å². The molecule has 0 atom stereocenters. The minimum absolute atomic E-state index is 0.197. The largest absolute Gasteiger partial charge is 0.299 e. The normalized spacial score (nSPS) is 15.8. The summed E-state index contributed by atoms with van der Waals surface area (Å²) < 4.78 is 13.2. The summed E-state index contributed by atoms with van der Waals surface area (Å²) >= 11 is 0. The zero-order chi connectivity index (χ0) is 19.7. The van der Waals surface area contributed by atoms with Gasteiger partial charge in [-0.3, -0.25) is 9.78 Å². The van der Waals surface area contributed by atoms with Gasteiger partial charge in [0.05, 0.1) is 5.52 Å². The summed E-state index contributed by atoms with van der Waals surface area (Å²) in [4.78, 5) is 15.4. The molecule has 2 fully saturated rings. The monoisotopic (exact) mass is 375 g/mol. The van der Waals surface area contributed by atoms with Crippen molar-refractivity contribution in [2.24, 2.45) is 5.92 Å². The number of aromatic nitrogens is 1. The van der Waals surface area contributed by atoms with Crippen LogP contribution in [0.2, 0.25) is 0 Å². The fourth-order valence-corrected chi connectivity index (χ4v) is 3.76. The Kier molecular flexibility index (Phi) is 5.25. The van der Waals surface area contributed by atoms with Gasteiger partial charge in [-0.15, -0.1) is 0 Å². The second-order valence-corrected chi connectivity index (χ2v) is 7.89. The predicted octanol–water partition coefficient (Wildman–Crippen LogP) is 6.60. The average Bonchev–Trinajstić information content (AvgIpc) is 3.61. The molecule has 0 N–H and O–H groups in total. The number of ketones is 1. The molecule has 3 aromatic rings. The van der Waals surface area contributed by atoms with Crippen LogP contribution in [0.1, 0.15) is 56.2 Å². The number of nitrogens with zero attached hydrogens (tertiary/aromatic N) is 1. The molecule has 3 heteroatoms. The van der Waals surface area contributed by atoms with Crippen molar-refractivity contribution in [1.82, 2.24) is 4.98 Å². The van der Waals surface area contributed by atoms with E-state index in [9.17, 15) is 9.18 Å². The van der Waals surface area contributed by atoms with Crippen LogP contribution in [0, 0.1) is 18.7 Å². The molecule has 2 nitrogen and oxygen atoms in total. The van der Waals surface area contributed by atoms with Crippen molar-refractivity contribution < 1.29 is 9.18 Å². The average molecular weight is 375 g/mol. The van der Waals surface area contributed by atoms with E-state index in [-0.39, 0.29) is 5.82 Å². The highest BCUT2D eigenvalue weighted by Gasteiger charge is 2.29. The lowest BCUT2D eigenvalue weighted by atomic mass is 9.94. The molecule has 28 heavy (non-hydrogen) atoms. The van der Waals surface area contributed by atoms with Gasteiger partial charge in [-0.2, -0.15) is 0 Å². The van der Waals surface area contributed by atoms with Crippen LogP contribution < -0.4 is 0 Å². The quantitative estimate of drug-likeness (QED) is 0.514. The zero-order valence-corrected chi connectivity index (χ0v) is 16.5. The van der Waals surface area contributed by atoms with Gasteiger partial charge < -0.3 is 0 Å². The number of hydrogen-bond acceptors (Lipinski definition) is 2. The number of carbonyl (C=O) groups excluding carboxylic acids is 1. The summed E-state index contributed by atoms with van der Waals surface area (Å²) in [5.74, 6) is 1.34. The summed E-state index contributed by atoms with van der Waals surface area (Å²) in [6.45, 7) is 4.08. The summed E-state index contributed by atoms with van der Waals surface area (Å²) in [5.41, 5.74) is 5.75. The van der Waals surface area contributed by atoms with E-state index in [0.717, 1.165) is 35.7 Å². The molecule has 0 saturated heterocycles. The van der Waals surface area contributed by atoms with Crippen LogP contribution in [0.3, 0.4) is 0 Å². The molecule has 0 radical (unpaired) electrons. The van der Waals surface area contributed by atoms with Crippen LogP contribution in [0.15, 0.2) is 48.5 Å². The van der Waals surface area contributed by atoms with Gasteiger partial charge in [-0.1, -0.05) is 37.3 Å². The Morgan fingerprint density at radius 2 is 1.71 bits per heavy atom. The Hall–Kier alpha value is -2.55. The van der Waals surface area contributed by atoms with E-state index in [4.69, 9.17) is 4.98 Å². The molecular formula is C25H26FNO. The van der Waals surface area contributed by atoms with E-state index in [1.54, 1.807) is 0 Å².